The lowest BCUT2D eigenvalue weighted by Gasteiger charge is -2.11. The standard InChI is InChI=1S/C11H12F2N2O3/c12-8-3-9(13)11(15(16)17)10(4-8)18-6-7-1-2-14-5-7/h3-4,7,14H,1-2,5-6H2. The second kappa shape index (κ2) is 5.26. The summed E-state index contributed by atoms with van der Waals surface area (Å²) in [6, 6.07) is 1.31. The van der Waals surface area contributed by atoms with E-state index in [4.69, 9.17) is 4.74 Å². The lowest BCUT2D eigenvalue weighted by Crippen LogP contribution is -2.16. The molecule has 1 fully saturated rings. The summed E-state index contributed by atoms with van der Waals surface area (Å²) in [4.78, 5) is 9.80. The average molecular weight is 258 g/mol. The third-order valence-corrected chi connectivity index (χ3v) is 2.81. The van der Waals surface area contributed by atoms with Crippen LogP contribution in [0.15, 0.2) is 12.1 Å². The number of nitrogens with zero attached hydrogens (tertiary/aromatic N) is 1. The minimum atomic E-state index is -1.22. The van der Waals surface area contributed by atoms with Gasteiger partial charge in [0.2, 0.25) is 11.6 Å². The number of nitrogens with one attached hydrogen (secondary N) is 1. The number of hydrogen-bond acceptors (Lipinski definition) is 4. The van der Waals surface area contributed by atoms with E-state index in [1.54, 1.807) is 0 Å². The second-order valence-corrected chi connectivity index (χ2v) is 4.16. The molecule has 1 aliphatic rings. The van der Waals surface area contributed by atoms with Crippen LogP contribution in [0.3, 0.4) is 0 Å². The van der Waals surface area contributed by atoms with Crippen molar-refractivity contribution in [3.05, 3.63) is 33.9 Å². The minimum Gasteiger partial charge on any atom is -0.486 e. The van der Waals surface area contributed by atoms with Crippen molar-refractivity contribution in [3.8, 4) is 5.75 Å². The fourth-order valence-electron chi connectivity index (χ4n) is 1.89. The molecule has 98 valence electrons. The van der Waals surface area contributed by atoms with Gasteiger partial charge in [0.15, 0.2) is 0 Å². The highest BCUT2D eigenvalue weighted by atomic mass is 19.1. The third-order valence-electron chi connectivity index (χ3n) is 2.81. The zero-order valence-electron chi connectivity index (χ0n) is 9.49. The van der Waals surface area contributed by atoms with Gasteiger partial charge in [0.05, 0.1) is 11.5 Å². The Balaban J connectivity index is 2.16. The lowest BCUT2D eigenvalue weighted by atomic mass is 10.1. The Kier molecular flexibility index (Phi) is 3.71. The van der Waals surface area contributed by atoms with E-state index < -0.39 is 22.2 Å². The molecule has 5 nitrogen and oxygen atoms in total. The van der Waals surface area contributed by atoms with Crippen molar-refractivity contribution in [1.82, 2.24) is 5.32 Å². The van der Waals surface area contributed by atoms with Crippen LogP contribution in [0.2, 0.25) is 0 Å². The van der Waals surface area contributed by atoms with Crippen molar-refractivity contribution in [3.63, 3.8) is 0 Å². The number of nitro benzene ring substituents is 1. The maximum Gasteiger partial charge on any atom is 0.346 e. The summed E-state index contributed by atoms with van der Waals surface area (Å²) < 4.78 is 31.5. The molecule has 1 aromatic rings. The molecular formula is C11H12F2N2O3. The van der Waals surface area contributed by atoms with Gasteiger partial charge in [0.25, 0.3) is 0 Å². The van der Waals surface area contributed by atoms with E-state index in [2.05, 4.69) is 5.32 Å². The second-order valence-electron chi connectivity index (χ2n) is 4.16. The van der Waals surface area contributed by atoms with Gasteiger partial charge in [-0.3, -0.25) is 10.1 Å². The van der Waals surface area contributed by atoms with Crippen LogP contribution in [-0.4, -0.2) is 24.6 Å². The van der Waals surface area contributed by atoms with Crippen molar-refractivity contribution in [2.45, 2.75) is 6.42 Å². The van der Waals surface area contributed by atoms with Gasteiger partial charge in [0.1, 0.15) is 5.82 Å². The van der Waals surface area contributed by atoms with Gasteiger partial charge in [-0.2, -0.15) is 4.39 Å². The molecule has 1 aliphatic heterocycles. The van der Waals surface area contributed by atoms with Gasteiger partial charge in [-0.1, -0.05) is 0 Å². The maximum atomic E-state index is 13.3. The topological polar surface area (TPSA) is 64.4 Å². The van der Waals surface area contributed by atoms with Crippen LogP contribution in [-0.2, 0) is 0 Å². The van der Waals surface area contributed by atoms with Gasteiger partial charge in [-0.15, -0.1) is 0 Å². The largest absolute Gasteiger partial charge is 0.486 e. The predicted molar refractivity (Wildman–Crippen MR) is 59.5 cm³/mol. The zero-order valence-corrected chi connectivity index (χ0v) is 9.49. The van der Waals surface area contributed by atoms with Crippen LogP contribution in [0.1, 0.15) is 6.42 Å². The van der Waals surface area contributed by atoms with Gasteiger partial charge in [-0.05, 0) is 13.0 Å². The molecule has 1 aromatic carbocycles. The van der Waals surface area contributed by atoms with Crippen molar-refractivity contribution in [1.29, 1.82) is 0 Å². The summed E-state index contributed by atoms with van der Waals surface area (Å²) in [7, 11) is 0. The number of halogens is 2. The van der Waals surface area contributed by atoms with Crippen LogP contribution in [0.4, 0.5) is 14.5 Å². The minimum absolute atomic E-state index is 0.205. The molecule has 1 N–H and O–H groups in total. The molecule has 0 saturated carbocycles. The van der Waals surface area contributed by atoms with Crippen molar-refractivity contribution < 1.29 is 18.4 Å². The fraction of sp³-hybridized carbons (Fsp3) is 0.455. The fourth-order valence-corrected chi connectivity index (χ4v) is 1.89. The molecule has 1 unspecified atom stereocenters. The molecule has 0 spiro atoms. The smallest absolute Gasteiger partial charge is 0.346 e. The molecule has 1 atom stereocenters. The highest BCUT2D eigenvalue weighted by Gasteiger charge is 2.24. The van der Waals surface area contributed by atoms with Gasteiger partial charge >= 0.3 is 5.69 Å². The summed E-state index contributed by atoms with van der Waals surface area (Å²) in [6.07, 6.45) is 0.881. The molecular weight excluding hydrogens is 246 g/mol. The number of ether oxygens (including phenoxy) is 1. The zero-order chi connectivity index (χ0) is 13.1. The first-order valence-corrected chi connectivity index (χ1v) is 5.55. The van der Waals surface area contributed by atoms with E-state index in [-0.39, 0.29) is 18.3 Å². The molecule has 0 radical (unpaired) electrons. The Morgan fingerprint density at radius 2 is 2.28 bits per heavy atom. The van der Waals surface area contributed by atoms with Crippen LogP contribution in [0.25, 0.3) is 0 Å². The highest BCUT2D eigenvalue weighted by molar-refractivity contribution is 5.47. The first kappa shape index (κ1) is 12.7. The van der Waals surface area contributed by atoms with E-state index in [9.17, 15) is 18.9 Å². The van der Waals surface area contributed by atoms with Gasteiger partial charge in [0, 0.05) is 24.6 Å². The Hall–Kier alpha value is -1.76. The number of nitro groups is 1. The van der Waals surface area contributed by atoms with E-state index in [0.29, 0.717) is 6.07 Å². The molecule has 2 rings (SSSR count). The molecule has 0 aliphatic carbocycles. The first-order chi connectivity index (χ1) is 8.58. The molecule has 7 heteroatoms. The van der Waals surface area contributed by atoms with E-state index >= 15 is 0 Å². The van der Waals surface area contributed by atoms with Crippen molar-refractivity contribution in [2.24, 2.45) is 5.92 Å². The lowest BCUT2D eigenvalue weighted by molar-refractivity contribution is -0.388. The third kappa shape index (κ3) is 2.73. The van der Waals surface area contributed by atoms with Crippen LogP contribution >= 0.6 is 0 Å². The van der Waals surface area contributed by atoms with Crippen LogP contribution < -0.4 is 10.1 Å². The Morgan fingerprint density at radius 1 is 1.50 bits per heavy atom. The summed E-state index contributed by atoms with van der Waals surface area (Å²) in [5, 5.41) is 13.8. The van der Waals surface area contributed by atoms with Crippen molar-refractivity contribution >= 4 is 5.69 Å². The van der Waals surface area contributed by atoms with E-state index in [0.717, 1.165) is 25.6 Å². The SMILES string of the molecule is O=[N+]([O-])c1c(F)cc(F)cc1OCC1CCNC1. The average Bonchev–Trinajstić information content (AvgIpc) is 2.77. The Bertz CT molecular complexity index is 462. The molecule has 0 bridgehead atoms. The van der Waals surface area contributed by atoms with Crippen LogP contribution in [0, 0.1) is 27.7 Å². The predicted octanol–water partition coefficient (Wildman–Crippen LogP) is 1.86. The molecule has 1 saturated heterocycles. The summed E-state index contributed by atoms with van der Waals surface area (Å²) in [5.41, 5.74) is -0.817. The normalized spacial score (nSPS) is 18.9. The summed E-state index contributed by atoms with van der Waals surface area (Å²) in [6.45, 7) is 1.80. The van der Waals surface area contributed by atoms with Crippen LogP contribution in [0.5, 0.6) is 5.75 Å². The summed E-state index contributed by atoms with van der Waals surface area (Å²) >= 11 is 0. The Morgan fingerprint density at radius 3 is 2.89 bits per heavy atom. The quantitative estimate of drug-likeness (QED) is 0.661. The number of benzene rings is 1. The highest BCUT2D eigenvalue weighted by Crippen LogP contribution is 2.31. The molecule has 18 heavy (non-hydrogen) atoms. The molecule has 1 heterocycles. The number of rotatable bonds is 4. The maximum absolute atomic E-state index is 13.3. The molecule has 0 amide bonds. The van der Waals surface area contributed by atoms with Crippen molar-refractivity contribution in [2.75, 3.05) is 19.7 Å². The van der Waals surface area contributed by atoms with E-state index in [1.807, 2.05) is 0 Å². The number of hydrogen-bond donors (Lipinski definition) is 1. The van der Waals surface area contributed by atoms with Gasteiger partial charge < -0.3 is 10.1 Å². The first-order valence-electron chi connectivity index (χ1n) is 5.55. The monoisotopic (exact) mass is 258 g/mol. The Labute approximate surface area is 102 Å². The summed E-state index contributed by atoms with van der Waals surface area (Å²) in [5.74, 6) is -2.27. The molecule has 0 aromatic heterocycles. The van der Waals surface area contributed by atoms with E-state index in [1.165, 1.54) is 0 Å². The van der Waals surface area contributed by atoms with Gasteiger partial charge in [-0.25, -0.2) is 4.39 Å².